The molecule has 0 saturated heterocycles. The summed E-state index contributed by atoms with van der Waals surface area (Å²) in [5.41, 5.74) is 0. The first-order chi connectivity index (χ1) is 8.01. The maximum absolute atomic E-state index is 11.5. The van der Waals surface area contributed by atoms with Gasteiger partial charge in [0.25, 0.3) is 0 Å². The molecule has 0 spiro atoms. The van der Waals surface area contributed by atoms with Gasteiger partial charge in [-0.25, -0.2) is 0 Å². The second kappa shape index (κ2) is 8.57. The number of hydrogen-bond donors (Lipinski definition) is 2. The maximum atomic E-state index is 11.5. The number of carbonyl (C=O) groups excluding carboxylic acids is 2. The van der Waals surface area contributed by atoms with Crippen molar-refractivity contribution in [3.8, 4) is 6.07 Å². The van der Waals surface area contributed by atoms with Crippen LogP contribution in [0.1, 0.15) is 33.6 Å². The molecule has 0 aromatic heterocycles. The second-order valence-electron chi connectivity index (χ2n) is 4.39. The molecule has 0 saturated carbocycles. The van der Waals surface area contributed by atoms with Gasteiger partial charge in [-0.05, 0) is 12.3 Å². The molecule has 2 amide bonds. The smallest absolute Gasteiger partial charge is 0.239 e. The molecule has 1 unspecified atom stereocenters. The van der Waals surface area contributed by atoms with Crippen LogP contribution in [0.3, 0.4) is 0 Å². The van der Waals surface area contributed by atoms with Gasteiger partial charge in [0.15, 0.2) is 0 Å². The van der Waals surface area contributed by atoms with Crippen molar-refractivity contribution < 1.29 is 9.59 Å². The van der Waals surface area contributed by atoms with Crippen LogP contribution in [-0.2, 0) is 9.59 Å². The van der Waals surface area contributed by atoms with Crippen LogP contribution in [0.5, 0.6) is 0 Å². The summed E-state index contributed by atoms with van der Waals surface area (Å²) in [6.45, 7) is 6.42. The monoisotopic (exact) mass is 239 g/mol. The summed E-state index contributed by atoms with van der Waals surface area (Å²) < 4.78 is 0. The Kier molecular flexibility index (Phi) is 7.78. The average molecular weight is 239 g/mol. The van der Waals surface area contributed by atoms with Gasteiger partial charge in [0.1, 0.15) is 5.92 Å². The maximum Gasteiger partial charge on any atom is 0.239 e. The molecular weight excluding hydrogens is 218 g/mol. The number of nitrogens with zero attached hydrogens (tertiary/aromatic N) is 1. The highest BCUT2D eigenvalue weighted by molar-refractivity contribution is 5.86. The molecule has 5 nitrogen and oxygen atoms in total. The Morgan fingerprint density at radius 3 is 2.41 bits per heavy atom. The second-order valence-corrected chi connectivity index (χ2v) is 4.39. The summed E-state index contributed by atoms with van der Waals surface area (Å²) in [6.07, 6.45) is 1.29. The van der Waals surface area contributed by atoms with Gasteiger partial charge in [-0.3, -0.25) is 9.59 Å². The SMILES string of the molecule is CCCC(C#N)C(=O)NCC(=O)NCC(C)C. The van der Waals surface area contributed by atoms with Crippen LogP contribution in [0.2, 0.25) is 0 Å². The summed E-state index contributed by atoms with van der Waals surface area (Å²) in [6, 6.07) is 1.93. The number of nitriles is 1. The highest BCUT2D eigenvalue weighted by Crippen LogP contribution is 2.04. The third-order valence-electron chi connectivity index (χ3n) is 2.18. The summed E-state index contributed by atoms with van der Waals surface area (Å²) >= 11 is 0. The molecule has 2 N–H and O–H groups in total. The van der Waals surface area contributed by atoms with E-state index < -0.39 is 5.92 Å². The van der Waals surface area contributed by atoms with Crippen molar-refractivity contribution in [3.05, 3.63) is 0 Å². The van der Waals surface area contributed by atoms with E-state index in [4.69, 9.17) is 5.26 Å². The highest BCUT2D eigenvalue weighted by Gasteiger charge is 2.16. The Balaban J connectivity index is 3.90. The fraction of sp³-hybridized carbons (Fsp3) is 0.750. The van der Waals surface area contributed by atoms with E-state index in [1.165, 1.54) is 0 Å². The van der Waals surface area contributed by atoms with Crippen LogP contribution >= 0.6 is 0 Å². The van der Waals surface area contributed by atoms with Crippen molar-refractivity contribution in [1.29, 1.82) is 5.26 Å². The van der Waals surface area contributed by atoms with Gasteiger partial charge < -0.3 is 10.6 Å². The highest BCUT2D eigenvalue weighted by atomic mass is 16.2. The van der Waals surface area contributed by atoms with Crippen molar-refractivity contribution in [2.75, 3.05) is 13.1 Å². The normalized spacial score (nSPS) is 11.7. The van der Waals surface area contributed by atoms with E-state index in [1.807, 2.05) is 26.8 Å². The molecule has 17 heavy (non-hydrogen) atoms. The van der Waals surface area contributed by atoms with Gasteiger partial charge in [0.2, 0.25) is 11.8 Å². The van der Waals surface area contributed by atoms with E-state index in [2.05, 4.69) is 10.6 Å². The van der Waals surface area contributed by atoms with Gasteiger partial charge >= 0.3 is 0 Å². The van der Waals surface area contributed by atoms with Gasteiger partial charge in [-0.2, -0.15) is 5.26 Å². The van der Waals surface area contributed by atoms with E-state index in [0.29, 0.717) is 18.9 Å². The zero-order valence-corrected chi connectivity index (χ0v) is 10.7. The largest absolute Gasteiger partial charge is 0.354 e. The van der Waals surface area contributed by atoms with E-state index in [9.17, 15) is 9.59 Å². The molecular formula is C12H21N3O2. The first-order valence-electron chi connectivity index (χ1n) is 5.95. The van der Waals surface area contributed by atoms with Crippen LogP contribution in [0.25, 0.3) is 0 Å². The standard InChI is InChI=1S/C12H21N3O2/c1-4-5-10(6-13)12(17)15-8-11(16)14-7-9(2)3/h9-10H,4-5,7-8H2,1-3H3,(H,14,16)(H,15,17). The lowest BCUT2D eigenvalue weighted by Crippen LogP contribution is -2.40. The third-order valence-corrected chi connectivity index (χ3v) is 2.18. The minimum atomic E-state index is -0.655. The van der Waals surface area contributed by atoms with Crippen molar-refractivity contribution in [3.63, 3.8) is 0 Å². The Morgan fingerprint density at radius 1 is 1.29 bits per heavy atom. The molecule has 0 radical (unpaired) electrons. The molecule has 5 heteroatoms. The van der Waals surface area contributed by atoms with Crippen LogP contribution in [-0.4, -0.2) is 24.9 Å². The van der Waals surface area contributed by atoms with Crippen molar-refractivity contribution in [2.45, 2.75) is 33.6 Å². The Bertz CT molecular complexity index is 295. The summed E-state index contributed by atoms with van der Waals surface area (Å²) in [5.74, 6) is -0.867. The topological polar surface area (TPSA) is 82.0 Å². The van der Waals surface area contributed by atoms with Gasteiger partial charge in [-0.1, -0.05) is 27.2 Å². The number of nitrogens with one attached hydrogen (secondary N) is 2. The number of carbonyl (C=O) groups is 2. The molecule has 0 fully saturated rings. The minimum absolute atomic E-state index is 0.0621. The predicted octanol–water partition coefficient (Wildman–Crippen LogP) is 0.815. The van der Waals surface area contributed by atoms with Crippen molar-refractivity contribution >= 4 is 11.8 Å². The van der Waals surface area contributed by atoms with Crippen molar-refractivity contribution in [2.24, 2.45) is 11.8 Å². The van der Waals surface area contributed by atoms with E-state index in [0.717, 1.165) is 6.42 Å². The lowest BCUT2D eigenvalue weighted by atomic mass is 10.1. The lowest BCUT2D eigenvalue weighted by Gasteiger charge is -2.10. The summed E-state index contributed by atoms with van der Waals surface area (Å²) in [7, 11) is 0. The Labute approximate surface area is 103 Å². The van der Waals surface area contributed by atoms with E-state index in [-0.39, 0.29) is 18.4 Å². The van der Waals surface area contributed by atoms with E-state index in [1.54, 1.807) is 0 Å². The Morgan fingerprint density at radius 2 is 1.94 bits per heavy atom. The molecule has 96 valence electrons. The van der Waals surface area contributed by atoms with E-state index >= 15 is 0 Å². The fourth-order valence-electron chi connectivity index (χ4n) is 1.21. The Hall–Kier alpha value is -1.57. The summed E-state index contributed by atoms with van der Waals surface area (Å²) in [5, 5.41) is 13.9. The van der Waals surface area contributed by atoms with Crippen molar-refractivity contribution in [1.82, 2.24) is 10.6 Å². The molecule has 0 aliphatic rings. The van der Waals surface area contributed by atoms with Crippen LogP contribution in [0, 0.1) is 23.2 Å². The molecule has 1 atom stereocenters. The molecule has 0 aliphatic carbocycles. The first kappa shape index (κ1) is 15.4. The molecule has 0 aliphatic heterocycles. The third kappa shape index (κ3) is 7.34. The molecule has 0 aromatic carbocycles. The first-order valence-corrected chi connectivity index (χ1v) is 5.95. The van der Waals surface area contributed by atoms with Crippen LogP contribution < -0.4 is 10.6 Å². The fourth-order valence-corrected chi connectivity index (χ4v) is 1.21. The average Bonchev–Trinajstić information content (AvgIpc) is 2.30. The molecule has 0 rings (SSSR count). The zero-order chi connectivity index (χ0) is 13.3. The van der Waals surface area contributed by atoms with Gasteiger partial charge in [0.05, 0.1) is 12.6 Å². The zero-order valence-electron chi connectivity index (χ0n) is 10.7. The lowest BCUT2D eigenvalue weighted by molar-refractivity contribution is -0.127. The minimum Gasteiger partial charge on any atom is -0.354 e. The number of amides is 2. The van der Waals surface area contributed by atoms with Gasteiger partial charge in [-0.15, -0.1) is 0 Å². The van der Waals surface area contributed by atoms with Crippen LogP contribution in [0.4, 0.5) is 0 Å². The van der Waals surface area contributed by atoms with Gasteiger partial charge in [0, 0.05) is 6.54 Å². The summed E-state index contributed by atoms with van der Waals surface area (Å²) in [4.78, 5) is 22.8. The van der Waals surface area contributed by atoms with Crippen LogP contribution in [0.15, 0.2) is 0 Å². The molecule has 0 aromatic rings. The molecule has 0 bridgehead atoms. The quantitative estimate of drug-likeness (QED) is 0.690. The number of rotatable bonds is 7. The number of hydrogen-bond acceptors (Lipinski definition) is 3. The predicted molar refractivity (Wildman–Crippen MR) is 64.9 cm³/mol. The molecule has 0 heterocycles.